The first-order chi connectivity index (χ1) is 6.26. The van der Waals surface area contributed by atoms with Gasteiger partial charge in [0.2, 0.25) is 5.91 Å². The minimum Gasteiger partial charge on any atom is -0.378 e. The van der Waals surface area contributed by atoms with E-state index in [1.165, 1.54) is 0 Å². The van der Waals surface area contributed by atoms with Gasteiger partial charge in [0.1, 0.15) is 0 Å². The summed E-state index contributed by atoms with van der Waals surface area (Å²) >= 11 is 3.23. The van der Waals surface area contributed by atoms with Crippen molar-refractivity contribution in [2.45, 2.75) is 38.3 Å². The monoisotopic (exact) mass is 249 g/mol. The smallest absolute Gasteiger partial charge is 0.221 e. The van der Waals surface area contributed by atoms with E-state index >= 15 is 0 Å². The summed E-state index contributed by atoms with van der Waals surface area (Å²) in [4.78, 5) is 11.1. The van der Waals surface area contributed by atoms with Gasteiger partial charge >= 0.3 is 0 Å². The lowest BCUT2D eigenvalue weighted by molar-refractivity contribution is -0.123. The molecular weight excluding hydrogens is 234 g/mol. The highest BCUT2D eigenvalue weighted by Gasteiger charge is 2.30. The van der Waals surface area contributed by atoms with Crippen LogP contribution >= 0.6 is 15.9 Å². The Labute approximate surface area is 87.3 Å². The predicted octanol–water partition coefficient (Wildman–Crippen LogP) is 1.46. The predicted molar refractivity (Wildman–Crippen MR) is 55.0 cm³/mol. The first-order valence-corrected chi connectivity index (χ1v) is 5.85. The first-order valence-electron chi connectivity index (χ1n) is 4.73. The van der Waals surface area contributed by atoms with E-state index < -0.39 is 0 Å². The largest absolute Gasteiger partial charge is 0.378 e. The van der Waals surface area contributed by atoms with Crippen LogP contribution in [0.5, 0.6) is 0 Å². The number of rotatable bonds is 5. The van der Waals surface area contributed by atoms with Gasteiger partial charge in [-0.15, -0.1) is 0 Å². The molecule has 0 aromatic carbocycles. The van der Waals surface area contributed by atoms with Gasteiger partial charge in [-0.3, -0.25) is 4.79 Å². The summed E-state index contributed by atoms with van der Waals surface area (Å²) in [5.41, 5.74) is 0. The van der Waals surface area contributed by atoms with Crippen LogP contribution in [0.1, 0.15) is 26.2 Å². The molecule has 1 aliphatic rings. The summed E-state index contributed by atoms with van der Waals surface area (Å²) in [6.07, 6.45) is 2.89. The molecule has 1 amide bonds. The Bertz CT molecular complexity index is 169. The van der Waals surface area contributed by atoms with Gasteiger partial charge in [0, 0.05) is 24.4 Å². The number of carbonyl (C=O) groups excluding carboxylic acids is 1. The Balaban J connectivity index is 2.04. The topological polar surface area (TPSA) is 38.3 Å². The normalized spacial score (nSPS) is 26.6. The minimum absolute atomic E-state index is 0.136. The van der Waals surface area contributed by atoms with E-state index in [1.54, 1.807) is 0 Å². The van der Waals surface area contributed by atoms with Crippen molar-refractivity contribution in [3.8, 4) is 0 Å². The lowest BCUT2D eigenvalue weighted by Crippen LogP contribution is -2.47. The Morgan fingerprint density at radius 3 is 2.85 bits per heavy atom. The SMILES string of the molecule is CCOC1CC(NC(=O)CCBr)C1. The van der Waals surface area contributed by atoms with Gasteiger partial charge in [0.15, 0.2) is 0 Å². The van der Waals surface area contributed by atoms with E-state index in [9.17, 15) is 4.79 Å². The van der Waals surface area contributed by atoms with Crippen molar-refractivity contribution in [1.82, 2.24) is 5.32 Å². The van der Waals surface area contributed by atoms with Crippen LogP contribution in [0.15, 0.2) is 0 Å². The molecule has 1 N–H and O–H groups in total. The third kappa shape index (κ3) is 3.65. The van der Waals surface area contributed by atoms with Crippen LogP contribution in [0.25, 0.3) is 0 Å². The van der Waals surface area contributed by atoms with E-state index in [2.05, 4.69) is 21.2 Å². The summed E-state index contributed by atoms with van der Waals surface area (Å²) in [7, 11) is 0. The third-order valence-corrected chi connectivity index (χ3v) is 2.58. The van der Waals surface area contributed by atoms with Gasteiger partial charge in [0.05, 0.1) is 6.10 Å². The number of ether oxygens (including phenoxy) is 1. The molecule has 0 radical (unpaired) electrons. The van der Waals surface area contributed by atoms with Gasteiger partial charge in [-0.05, 0) is 19.8 Å². The molecule has 0 spiro atoms. The van der Waals surface area contributed by atoms with Crippen LogP contribution in [0, 0.1) is 0 Å². The molecule has 13 heavy (non-hydrogen) atoms. The van der Waals surface area contributed by atoms with Crippen LogP contribution in [-0.2, 0) is 9.53 Å². The number of hydrogen-bond donors (Lipinski definition) is 1. The van der Waals surface area contributed by atoms with Gasteiger partial charge in [-0.25, -0.2) is 0 Å². The molecule has 1 aliphatic carbocycles. The van der Waals surface area contributed by atoms with Crippen LogP contribution in [0.2, 0.25) is 0 Å². The molecule has 0 aromatic heterocycles. The molecule has 0 heterocycles. The maximum Gasteiger partial charge on any atom is 0.221 e. The fourth-order valence-electron chi connectivity index (χ4n) is 1.44. The molecular formula is C9H16BrNO2. The summed E-state index contributed by atoms with van der Waals surface area (Å²) < 4.78 is 5.39. The Morgan fingerprint density at radius 1 is 1.62 bits per heavy atom. The molecule has 3 nitrogen and oxygen atoms in total. The maximum atomic E-state index is 11.1. The second-order valence-electron chi connectivity index (χ2n) is 3.25. The first kappa shape index (κ1) is 11.0. The van der Waals surface area contributed by atoms with Crippen molar-refractivity contribution < 1.29 is 9.53 Å². The van der Waals surface area contributed by atoms with E-state index in [0.29, 0.717) is 18.6 Å². The fourth-order valence-corrected chi connectivity index (χ4v) is 1.80. The average molecular weight is 250 g/mol. The molecule has 0 aliphatic heterocycles. The quantitative estimate of drug-likeness (QED) is 0.750. The zero-order valence-electron chi connectivity index (χ0n) is 7.88. The second-order valence-corrected chi connectivity index (χ2v) is 4.05. The van der Waals surface area contributed by atoms with E-state index in [4.69, 9.17) is 4.74 Å². The molecule has 0 atom stereocenters. The Kier molecular flexibility index (Phi) is 4.73. The summed E-state index contributed by atoms with van der Waals surface area (Å²) in [6.45, 7) is 2.77. The minimum atomic E-state index is 0.136. The molecule has 1 saturated carbocycles. The van der Waals surface area contributed by atoms with Crippen molar-refractivity contribution >= 4 is 21.8 Å². The average Bonchev–Trinajstić information content (AvgIpc) is 2.01. The van der Waals surface area contributed by atoms with Crippen LogP contribution in [0.4, 0.5) is 0 Å². The number of amides is 1. The molecule has 0 bridgehead atoms. The lowest BCUT2D eigenvalue weighted by Gasteiger charge is -2.35. The van der Waals surface area contributed by atoms with E-state index in [0.717, 1.165) is 24.8 Å². The highest BCUT2D eigenvalue weighted by atomic mass is 79.9. The molecule has 0 saturated heterocycles. The summed E-state index contributed by atoms with van der Waals surface area (Å²) in [5.74, 6) is 0.136. The highest BCUT2D eigenvalue weighted by Crippen LogP contribution is 2.23. The van der Waals surface area contributed by atoms with Crippen molar-refractivity contribution in [3.05, 3.63) is 0 Å². The number of carbonyl (C=O) groups is 1. The molecule has 0 aromatic rings. The van der Waals surface area contributed by atoms with Gasteiger partial charge in [-0.1, -0.05) is 15.9 Å². The molecule has 1 rings (SSSR count). The zero-order valence-corrected chi connectivity index (χ0v) is 9.47. The van der Waals surface area contributed by atoms with Crippen molar-refractivity contribution in [2.24, 2.45) is 0 Å². The molecule has 0 unspecified atom stereocenters. The van der Waals surface area contributed by atoms with Crippen molar-refractivity contribution in [1.29, 1.82) is 0 Å². The van der Waals surface area contributed by atoms with Gasteiger partial charge in [0.25, 0.3) is 0 Å². The van der Waals surface area contributed by atoms with Crippen LogP contribution in [0.3, 0.4) is 0 Å². The summed E-state index contributed by atoms with van der Waals surface area (Å²) in [5, 5.41) is 3.69. The third-order valence-electron chi connectivity index (χ3n) is 2.18. The standard InChI is InChI=1S/C9H16BrNO2/c1-2-13-8-5-7(6-8)11-9(12)3-4-10/h7-8H,2-6H2,1H3,(H,11,12). The zero-order chi connectivity index (χ0) is 9.68. The summed E-state index contributed by atoms with van der Waals surface area (Å²) in [6, 6.07) is 0.350. The van der Waals surface area contributed by atoms with E-state index in [1.807, 2.05) is 6.92 Å². The number of nitrogens with one attached hydrogen (secondary N) is 1. The van der Waals surface area contributed by atoms with Gasteiger partial charge in [-0.2, -0.15) is 0 Å². The Hall–Kier alpha value is -0.0900. The molecule has 1 fully saturated rings. The second kappa shape index (κ2) is 5.60. The maximum absolute atomic E-state index is 11.1. The number of hydrogen-bond acceptors (Lipinski definition) is 2. The van der Waals surface area contributed by atoms with Crippen molar-refractivity contribution in [3.63, 3.8) is 0 Å². The van der Waals surface area contributed by atoms with E-state index in [-0.39, 0.29) is 5.91 Å². The molecule has 76 valence electrons. The van der Waals surface area contributed by atoms with Crippen LogP contribution < -0.4 is 5.32 Å². The Morgan fingerprint density at radius 2 is 2.31 bits per heavy atom. The van der Waals surface area contributed by atoms with Crippen LogP contribution in [-0.4, -0.2) is 30.0 Å². The van der Waals surface area contributed by atoms with Gasteiger partial charge < -0.3 is 10.1 Å². The van der Waals surface area contributed by atoms with Crippen molar-refractivity contribution in [2.75, 3.05) is 11.9 Å². The number of alkyl halides is 1. The fraction of sp³-hybridized carbons (Fsp3) is 0.889. The molecule has 4 heteroatoms. The lowest BCUT2D eigenvalue weighted by atomic mass is 9.89. The number of halogens is 1. The highest BCUT2D eigenvalue weighted by molar-refractivity contribution is 9.09.